The Kier molecular flexibility index (Phi) is 9.39. The van der Waals surface area contributed by atoms with E-state index in [1.165, 1.54) is 0 Å². The summed E-state index contributed by atoms with van der Waals surface area (Å²) in [6, 6.07) is 35.6. The van der Waals surface area contributed by atoms with Gasteiger partial charge in [-0.1, -0.05) is 76.6 Å². The van der Waals surface area contributed by atoms with E-state index in [-0.39, 0.29) is 17.7 Å². The van der Waals surface area contributed by atoms with Gasteiger partial charge in [-0.25, -0.2) is 4.79 Å². The summed E-state index contributed by atoms with van der Waals surface area (Å²) in [5.74, 6) is 1.18. The quantitative estimate of drug-likeness (QED) is 0.152. The maximum atomic E-state index is 13.3. The Bertz CT molecular complexity index is 1710. The van der Waals surface area contributed by atoms with Crippen LogP contribution in [0.25, 0.3) is 11.1 Å². The lowest BCUT2D eigenvalue weighted by Gasteiger charge is -2.17. The Labute approximate surface area is 257 Å². The van der Waals surface area contributed by atoms with E-state index < -0.39 is 17.9 Å². The van der Waals surface area contributed by atoms with Gasteiger partial charge in [0.05, 0.1) is 12.7 Å². The minimum absolute atomic E-state index is 0.0895. The summed E-state index contributed by atoms with van der Waals surface area (Å²) >= 11 is 3.39. The maximum Gasteiger partial charge on any atom is 0.326 e. The van der Waals surface area contributed by atoms with Crippen LogP contribution < -0.4 is 19.5 Å². The third kappa shape index (κ3) is 7.61. The van der Waals surface area contributed by atoms with Crippen molar-refractivity contribution in [3.05, 3.63) is 137 Å². The number of halogens is 1. The monoisotopic (exact) mass is 637 g/mol. The number of ether oxygens (including phenoxy) is 3. The van der Waals surface area contributed by atoms with Gasteiger partial charge in [0.15, 0.2) is 0 Å². The topological polar surface area (TPSA) is 94.1 Å². The van der Waals surface area contributed by atoms with E-state index in [2.05, 4.69) is 21.2 Å². The van der Waals surface area contributed by atoms with Gasteiger partial charge >= 0.3 is 5.97 Å². The van der Waals surface area contributed by atoms with E-state index in [9.17, 15) is 14.7 Å². The predicted molar refractivity (Wildman–Crippen MR) is 168 cm³/mol. The summed E-state index contributed by atoms with van der Waals surface area (Å²) in [6.45, 7) is 0. The molecule has 1 amide bonds. The van der Waals surface area contributed by atoms with Gasteiger partial charge in [-0.15, -0.1) is 0 Å². The van der Waals surface area contributed by atoms with Gasteiger partial charge in [0.1, 0.15) is 34.8 Å². The molecule has 0 saturated heterocycles. The Morgan fingerprint density at radius 2 is 1.37 bits per heavy atom. The third-order valence-corrected chi connectivity index (χ3v) is 7.13. The van der Waals surface area contributed by atoms with Crippen molar-refractivity contribution < 1.29 is 28.9 Å². The second-order valence-electron chi connectivity index (χ2n) is 9.59. The molecular formula is C35H28BrNO6. The summed E-state index contributed by atoms with van der Waals surface area (Å²) in [5.41, 5.74) is 2.77. The number of methoxy groups -OCH3 is 1. The molecule has 216 valence electrons. The number of aliphatic carboxylic acids is 1. The van der Waals surface area contributed by atoms with Crippen LogP contribution in [0, 0.1) is 0 Å². The first-order chi connectivity index (χ1) is 20.9. The number of para-hydroxylation sites is 2. The first-order valence-electron chi connectivity index (χ1n) is 13.5. The van der Waals surface area contributed by atoms with Crippen LogP contribution in [0.3, 0.4) is 0 Å². The van der Waals surface area contributed by atoms with Gasteiger partial charge < -0.3 is 24.6 Å². The van der Waals surface area contributed by atoms with Crippen LogP contribution in [0.1, 0.15) is 15.9 Å². The fourth-order valence-electron chi connectivity index (χ4n) is 4.44. The second-order valence-corrected chi connectivity index (χ2v) is 10.5. The van der Waals surface area contributed by atoms with E-state index in [0.717, 1.165) is 22.4 Å². The van der Waals surface area contributed by atoms with Crippen LogP contribution in [-0.2, 0) is 11.2 Å². The van der Waals surface area contributed by atoms with Crippen molar-refractivity contribution in [3.63, 3.8) is 0 Å². The molecule has 5 rings (SSSR count). The molecule has 0 aliphatic heterocycles. The molecule has 2 N–H and O–H groups in total. The summed E-state index contributed by atoms with van der Waals surface area (Å²) < 4.78 is 17.9. The van der Waals surface area contributed by atoms with E-state index in [4.69, 9.17) is 14.2 Å². The molecule has 5 aromatic carbocycles. The molecule has 5 aromatic rings. The average Bonchev–Trinajstić information content (AvgIpc) is 3.03. The van der Waals surface area contributed by atoms with Crippen LogP contribution in [-0.4, -0.2) is 30.1 Å². The fraction of sp³-hybridized carbons (Fsp3) is 0.0857. The van der Waals surface area contributed by atoms with Gasteiger partial charge in [-0.3, -0.25) is 4.79 Å². The molecule has 0 unspecified atom stereocenters. The first-order valence-corrected chi connectivity index (χ1v) is 14.3. The summed E-state index contributed by atoms with van der Waals surface area (Å²) in [6.07, 6.45) is 0.0895. The Morgan fingerprint density at radius 1 is 0.744 bits per heavy atom. The zero-order chi connectivity index (χ0) is 30.2. The minimum Gasteiger partial charge on any atom is -0.497 e. The van der Waals surface area contributed by atoms with E-state index >= 15 is 0 Å². The van der Waals surface area contributed by atoms with Crippen molar-refractivity contribution in [1.82, 2.24) is 5.32 Å². The Hall–Kier alpha value is -5.08. The first kappa shape index (κ1) is 29.4. The van der Waals surface area contributed by atoms with Crippen molar-refractivity contribution in [2.75, 3.05) is 7.11 Å². The normalized spacial score (nSPS) is 11.3. The van der Waals surface area contributed by atoms with Crippen molar-refractivity contribution in [2.45, 2.75) is 12.5 Å². The maximum absolute atomic E-state index is 13.3. The summed E-state index contributed by atoms with van der Waals surface area (Å²) in [4.78, 5) is 25.5. The smallest absolute Gasteiger partial charge is 0.326 e. The fourth-order valence-corrected chi connectivity index (χ4v) is 4.80. The standard InChI is InChI=1S/C35H28BrNO6/c1-41-26-16-18-28(19-17-26)43-33-20-15-25(36)22-30(33)34(38)37-31(35(39)40)21-23-11-13-24(14-12-23)29-9-5-6-10-32(29)42-27-7-3-2-4-8-27/h2-20,22,31H,21H2,1H3,(H,37,38)(H,39,40)/t31-/m0/s1. The molecule has 0 heterocycles. The molecule has 8 heteroatoms. The van der Waals surface area contributed by atoms with Crippen LogP contribution >= 0.6 is 15.9 Å². The number of carbonyl (C=O) groups is 2. The zero-order valence-corrected chi connectivity index (χ0v) is 24.8. The highest BCUT2D eigenvalue weighted by Gasteiger charge is 2.24. The molecule has 0 aliphatic rings. The lowest BCUT2D eigenvalue weighted by Crippen LogP contribution is -2.42. The SMILES string of the molecule is COc1ccc(Oc2ccc(Br)cc2C(=O)N[C@@H](Cc2ccc(-c3ccccc3Oc3ccccc3)cc2)C(=O)O)cc1. The lowest BCUT2D eigenvalue weighted by atomic mass is 9.99. The van der Waals surface area contributed by atoms with Crippen LogP contribution in [0.5, 0.6) is 28.7 Å². The van der Waals surface area contributed by atoms with Crippen molar-refractivity contribution in [3.8, 4) is 39.9 Å². The molecule has 7 nitrogen and oxygen atoms in total. The summed E-state index contributed by atoms with van der Waals surface area (Å²) in [5, 5.41) is 12.6. The van der Waals surface area contributed by atoms with Crippen molar-refractivity contribution in [2.24, 2.45) is 0 Å². The van der Waals surface area contributed by atoms with Gasteiger partial charge in [0.2, 0.25) is 0 Å². The number of rotatable bonds is 11. The number of carboxylic acids is 1. The Balaban J connectivity index is 1.30. The molecule has 0 aromatic heterocycles. The number of hydrogen-bond acceptors (Lipinski definition) is 5. The number of nitrogens with one attached hydrogen (secondary N) is 1. The molecule has 43 heavy (non-hydrogen) atoms. The number of benzene rings is 5. The van der Waals surface area contributed by atoms with Crippen molar-refractivity contribution >= 4 is 27.8 Å². The largest absolute Gasteiger partial charge is 0.497 e. The van der Waals surface area contributed by atoms with Crippen LogP contribution in [0.2, 0.25) is 0 Å². The van der Waals surface area contributed by atoms with E-state index in [0.29, 0.717) is 21.7 Å². The van der Waals surface area contributed by atoms with E-state index in [1.807, 2.05) is 78.9 Å². The highest BCUT2D eigenvalue weighted by molar-refractivity contribution is 9.10. The van der Waals surface area contributed by atoms with Crippen molar-refractivity contribution in [1.29, 1.82) is 0 Å². The molecular weight excluding hydrogens is 610 g/mol. The molecule has 0 saturated carbocycles. The molecule has 0 fully saturated rings. The minimum atomic E-state index is -1.17. The molecule has 0 radical (unpaired) electrons. The van der Waals surface area contributed by atoms with Gasteiger partial charge in [-0.05, 0) is 71.8 Å². The van der Waals surface area contributed by atoms with Gasteiger partial charge in [-0.2, -0.15) is 0 Å². The lowest BCUT2D eigenvalue weighted by molar-refractivity contribution is -0.139. The van der Waals surface area contributed by atoms with Gasteiger partial charge in [0, 0.05) is 16.5 Å². The molecule has 0 bridgehead atoms. The van der Waals surface area contributed by atoms with E-state index in [1.54, 1.807) is 49.6 Å². The average molecular weight is 639 g/mol. The van der Waals surface area contributed by atoms with Crippen LogP contribution in [0.4, 0.5) is 0 Å². The van der Waals surface area contributed by atoms with Crippen LogP contribution in [0.15, 0.2) is 126 Å². The van der Waals surface area contributed by atoms with Gasteiger partial charge in [0.25, 0.3) is 5.91 Å². The molecule has 0 spiro atoms. The number of carboxylic acid groups (broad SMARTS) is 1. The predicted octanol–water partition coefficient (Wildman–Crippen LogP) is 8.14. The second kappa shape index (κ2) is 13.7. The molecule has 0 aliphatic carbocycles. The summed E-state index contributed by atoms with van der Waals surface area (Å²) in [7, 11) is 1.57. The highest BCUT2D eigenvalue weighted by atomic mass is 79.9. The number of hydrogen-bond donors (Lipinski definition) is 2. The number of carbonyl (C=O) groups excluding carboxylic acids is 1. The Morgan fingerprint density at radius 3 is 2.07 bits per heavy atom. The third-order valence-electron chi connectivity index (χ3n) is 6.64. The highest BCUT2D eigenvalue weighted by Crippen LogP contribution is 2.34. The molecule has 1 atom stereocenters. The number of amides is 1. The zero-order valence-electron chi connectivity index (χ0n) is 23.2.